The SMILES string of the molecule is CC(=O)N1CCN(c2cc(C(F)(F)F)cc(NN)n2)CC1. The third-order valence-corrected chi connectivity index (χ3v) is 3.34. The molecule has 0 unspecified atom stereocenters. The average molecular weight is 303 g/mol. The highest BCUT2D eigenvalue weighted by Gasteiger charge is 2.32. The summed E-state index contributed by atoms with van der Waals surface area (Å²) in [6, 6.07) is 1.85. The number of carbonyl (C=O) groups excluding carboxylic acids is 1. The number of nitrogens with zero attached hydrogens (tertiary/aromatic N) is 3. The van der Waals surface area contributed by atoms with E-state index in [4.69, 9.17) is 5.84 Å². The zero-order valence-corrected chi connectivity index (χ0v) is 11.4. The van der Waals surface area contributed by atoms with E-state index >= 15 is 0 Å². The molecular weight excluding hydrogens is 287 g/mol. The minimum Gasteiger partial charge on any atom is -0.353 e. The third-order valence-electron chi connectivity index (χ3n) is 3.34. The number of rotatable bonds is 2. The fraction of sp³-hybridized carbons (Fsp3) is 0.500. The Morgan fingerprint density at radius 3 is 2.38 bits per heavy atom. The summed E-state index contributed by atoms with van der Waals surface area (Å²) >= 11 is 0. The number of hydrogen-bond donors (Lipinski definition) is 2. The van der Waals surface area contributed by atoms with E-state index in [9.17, 15) is 18.0 Å². The summed E-state index contributed by atoms with van der Waals surface area (Å²) in [7, 11) is 0. The molecule has 1 aromatic heterocycles. The number of nitrogens with two attached hydrogens (primary N) is 1. The second-order valence-corrected chi connectivity index (χ2v) is 4.73. The van der Waals surface area contributed by atoms with Crippen LogP contribution in [0, 0.1) is 0 Å². The Labute approximate surface area is 119 Å². The van der Waals surface area contributed by atoms with Gasteiger partial charge in [0.1, 0.15) is 11.6 Å². The first-order valence-electron chi connectivity index (χ1n) is 6.37. The maximum atomic E-state index is 12.9. The quantitative estimate of drug-likeness (QED) is 0.631. The first kappa shape index (κ1) is 15.4. The number of anilines is 2. The lowest BCUT2D eigenvalue weighted by atomic mass is 10.2. The number of nitrogens with one attached hydrogen (secondary N) is 1. The molecule has 0 aliphatic carbocycles. The minimum absolute atomic E-state index is 0.0454. The number of carbonyl (C=O) groups is 1. The van der Waals surface area contributed by atoms with Crippen molar-refractivity contribution in [1.82, 2.24) is 9.88 Å². The third kappa shape index (κ3) is 3.54. The molecule has 1 fully saturated rings. The summed E-state index contributed by atoms with van der Waals surface area (Å²) in [6.45, 7) is 3.24. The molecular formula is C12H16F3N5O. The molecule has 1 amide bonds. The monoisotopic (exact) mass is 303 g/mol. The van der Waals surface area contributed by atoms with Crippen LogP contribution in [0.5, 0.6) is 0 Å². The van der Waals surface area contributed by atoms with Crippen LogP contribution in [0.3, 0.4) is 0 Å². The van der Waals surface area contributed by atoms with Gasteiger partial charge in [0.2, 0.25) is 5.91 Å². The number of hydrazine groups is 1. The molecule has 0 bridgehead atoms. The first-order chi connectivity index (χ1) is 9.81. The summed E-state index contributed by atoms with van der Waals surface area (Å²) in [5.41, 5.74) is 1.33. The number of halogens is 3. The summed E-state index contributed by atoms with van der Waals surface area (Å²) in [4.78, 5) is 18.6. The van der Waals surface area contributed by atoms with E-state index in [0.29, 0.717) is 26.2 Å². The summed E-state index contributed by atoms with van der Waals surface area (Å²) in [5, 5.41) is 0. The molecule has 1 aromatic rings. The molecule has 0 radical (unpaired) electrons. The van der Waals surface area contributed by atoms with E-state index in [1.54, 1.807) is 9.80 Å². The van der Waals surface area contributed by atoms with Crippen molar-refractivity contribution in [2.24, 2.45) is 5.84 Å². The Balaban J connectivity index is 2.22. The first-order valence-corrected chi connectivity index (χ1v) is 6.37. The van der Waals surface area contributed by atoms with Gasteiger partial charge in [-0.15, -0.1) is 0 Å². The number of piperazine rings is 1. The van der Waals surface area contributed by atoms with Crippen molar-refractivity contribution in [3.8, 4) is 0 Å². The highest BCUT2D eigenvalue weighted by atomic mass is 19.4. The van der Waals surface area contributed by atoms with E-state index in [1.807, 2.05) is 0 Å². The molecule has 1 saturated heterocycles. The van der Waals surface area contributed by atoms with Crippen LogP contribution in [0.4, 0.5) is 24.8 Å². The molecule has 21 heavy (non-hydrogen) atoms. The molecule has 0 saturated carbocycles. The Hall–Kier alpha value is -2.03. The Bertz CT molecular complexity index is 526. The van der Waals surface area contributed by atoms with Gasteiger partial charge in [-0.05, 0) is 12.1 Å². The van der Waals surface area contributed by atoms with Crippen molar-refractivity contribution < 1.29 is 18.0 Å². The van der Waals surface area contributed by atoms with Crippen LogP contribution in [0.2, 0.25) is 0 Å². The Morgan fingerprint density at radius 2 is 1.90 bits per heavy atom. The number of pyridine rings is 1. The van der Waals surface area contributed by atoms with Crippen LogP contribution >= 0.6 is 0 Å². The summed E-state index contributed by atoms with van der Waals surface area (Å²) in [6.07, 6.45) is -4.47. The lowest BCUT2D eigenvalue weighted by molar-refractivity contribution is -0.137. The molecule has 9 heteroatoms. The van der Waals surface area contributed by atoms with Crippen LogP contribution in [0.25, 0.3) is 0 Å². The van der Waals surface area contributed by atoms with E-state index < -0.39 is 11.7 Å². The number of aromatic nitrogens is 1. The van der Waals surface area contributed by atoms with Gasteiger partial charge in [-0.2, -0.15) is 13.2 Å². The number of nitrogen functional groups attached to an aromatic ring is 1. The molecule has 0 atom stereocenters. The standard InChI is InChI=1S/C12H16F3N5O/c1-8(21)19-2-4-20(5-3-19)11-7-9(12(13,14)15)6-10(17-11)18-16/h6-7H,2-5,16H2,1H3,(H,17,18). The molecule has 116 valence electrons. The topological polar surface area (TPSA) is 74.5 Å². The van der Waals surface area contributed by atoms with E-state index in [-0.39, 0.29) is 17.5 Å². The van der Waals surface area contributed by atoms with Gasteiger partial charge in [-0.3, -0.25) is 4.79 Å². The lowest BCUT2D eigenvalue weighted by Crippen LogP contribution is -2.48. The molecule has 1 aliphatic rings. The van der Waals surface area contributed by atoms with Gasteiger partial charge in [0.15, 0.2) is 0 Å². The van der Waals surface area contributed by atoms with Crippen molar-refractivity contribution in [1.29, 1.82) is 0 Å². The predicted molar refractivity (Wildman–Crippen MR) is 71.5 cm³/mol. The predicted octanol–water partition coefficient (Wildman–Crippen LogP) is 1.05. The normalized spacial score (nSPS) is 16.0. The van der Waals surface area contributed by atoms with Gasteiger partial charge in [-0.25, -0.2) is 10.8 Å². The number of amides is 1. The zero-order chi connectivity index (χ0) is 15.6. The lowest BCUT2D eigenvalue weighted by Gasteiger charge is -2.35. The maximum absolute atomic E-state index is 12.9. The zero-order valence-electron chi connectivity index (χ0n) is 11.4. The molecule has 0 aromatic carbocycles. The second kappa shape index (κ2) is 5.76. The fourth-order valence-corrected chi connectivity index (χ4v) is 2.17. The largest absolute Gasteiger partial charge is 0.416 e. The van der Waals surface area contributed by atoms with E-state index in [0.717, 1.165) is 12.1 Å². The number of alkyl halides is 3. The van der Waals surface area contributed by atoms with Gasteiger partial charge < -0.3 is 15.2 Å². The van der Waals surface area contributed by atoms with Gasteiger partial charge in [0.05, 0.1) is 5.56 Å². The van der Waals surface area contributed by atoms with Crippen molar-refractivity contribution in [3.63, 3.8) is 0 Å². The van der Waals surface area contributed by atoms with Crippen molar-refractivity contribution in [2.45, 2.75) is 13.1 Å². The Kier molecular flexibility index (Phi) is 4.21. The maximum Gasteiger partial charge on any atom is 0.416 e. The van der Waals surface area contributed by atoms with Crippen LogP contribution < -0.4 is 16.2 Å². The average Bonchev–Trinajstić information content (AvgIpc) is 2.46. The molecule has 1 aliphatic heterocycles. The van der Waals surface area contributed by atoms with Gasteiger partial charge >= 0.3 is 6.18 Å². The van der Waals surface area contributed by atoms with Gasteiger partial charge in [0.25, 0.3) is 0 Å². The van der Waals surface area contributed by atoms with Crippen molar-refractivity contribution in [2.75, 3.05) is 36.5 Å². The fourth-order valence-electron chi connectivity index (χ4n) is 2.17. The highest BCUT2D eigenvalue weighted by molar-refractivity contribution is 5.73. The van der Waals surface area contributed by atoms with Crippen LogP contribution in [0.15, 0.2) is 12.1 Å². The molecule has 3 N–H and O–H groups in total. The van der Waals surface area contributed by atoms with Gasteiger partial charge in [0, 0.05) is 33.1 Å². The van der Waals surface area contributed by atoms with Crippen molar-refractivity contribution in [3.05, 3.63) is 17.7 Å². The molecule has 2 heterocycles. The molecule has 6 nitrogen and oxygen atoms in total. The summed E-state index contributed by atoms with van der Waals surface area (Å²) < 4.78 is 38.6. The van der Waals surface area contributed by atoms with Crippen LogP contribution in [-0.4, -0.2) is 42.0 Å². The van der Waals surface area contributed by atoms with Crippen LogP contribution in [-0.2, 0) is 11.0 Å². The number of hydrogen-bond acceptors (Lipinski definition) is 5. The van der Waals surface area contributed by atoms with E-state index in [1.165, 1.54) is 6.92 Å². The summed E-state index contributed by atoms with van der Waals surface area (Å²) in [5.74, 6) is 5.27. The van der Waals surface area contributed by atoms with Crippen molar-refractivity contribution >= 4 is 17.5 Å². The minimum atomic E-state index is -4.47. The molecule has 0 spiro atoms. The van der Waals surface area contributed by atoms with Gasteiger partial charge in [-0.1, -0.05) is 0 Å². The molecule has 2 rings (SSSR count). The Morgan fingerprint density at radius 1 is 1.29 bits per heavy atom. The van der Waals surface area contributed by atoms with Crippen LogP contribution in [0.1, 0.15) is 12.5 Å². The second-order valence-electron chi connectivity index (χ2n) is 4.73. The highest BCUT2D eigenvalue weighted by Crippen LogP contribution is 2.32. The smallest absolute Gasteiger partial charge is 0.353 e. The van der Waals surface area contributed by atoms with E-state index in [2.05, 4.69) is 10.4 Å².